The molecule has 3 N–H and O–H groups in total. The van der Waals surface area contributed by atoms with E-state index in [4.69, 9.17) is 0 Å². The Kier molecular flexibility index (Phi) is 4.75. The van der Waals surface area contributed by atoms with Crippen molar-refractivity contribution in [2.45, 2.75) is 13.1 Å². The highest BCUT2D eigenvalue weighted by Gasteiger charge is 2.32. The number of aromatic amines is 1. The zero-order valence-corrected chi connectivity index (χ0v) is 14.5. The van der Waals surface area contributed by atoms with Crippen molar-refractivity contribution in [1.29, 1.82) is 0 Å². The normalized spacial score (nSPS) is 11.4. The van der Waals surface area contributed by atoms with E-state index in [1.807, 2.05) is 6.92 Å². The van der Waals surface area contributed by atoms with Gasteiger partial charge >= 0.3 is 12.1 Å². The first-order valence-electron chi connectivity index (χ1n) is 7.52. The number of carbonyl (C=O) groups excluding carboxylic acids is 1. The van der Waals surface area contributed by atoms with Crippen molar-refractivity contribution in [3.05, 3.63) is 57.3 Å². The van der Waals surface area contributed by atoms with E-state index < -0.39 is 23.6 Å². The second kappa shape index (κ2) is 6.88. The van der Waals surface area contributed by atoms with Crippen molar-refractivity contribution < 1.29 is 27.9 Å². The summed E-state index contributed by atoms with van der Waals surface area (Å²) < 4.78 is 38.0. The van der Waals surface area contributed by atoms with Crippen LogP contribution in [0.4, 0.5) is 19.0 Å². The third-order valence-electron chi connectivity index (χ3n) is 3.69. The Hall–Kier alpha value is -3.14. The van der Waals surface area contributed by atoms with Crippen LogP contribution in [-0.2, 0) is 6.18 Å². The fourth-order valence-corrected chi connectivity index (χ4v) is 3.15. The van der Waals surface area contributed by atoms with Crippen LogP contribution in [0.1, 0.15) is 31.2 Å². The lowest BCUT2D eigenvalue weighted by atomic mass is 10.1. The number of nitrogens with one attached hydrogen (secondary N) is 2. The van der Waals surface area contributed by atoms with Crippen LogP contribution < -0.4 is 5.32 Å². The van der Waals surface area contributed by atoms with Crippen molar-refractivity contribution in [1.82, 2.24) is 10.2 Å². The van der Waals surface area contributed by atoms with Gasteiger partial charge in [-0.05, 0) is 13.0 Å². The average molecular weight is 395 g/mol. The molecule has 0 spiro atoms. The predicted molar refractivity (Wildman–Crippen MR) is 93.0 cm³/mol. The molecule has 6 nitrogen and oxygen atoms in total. The Labute approximate surface area is 154 Å². The maximum atomic E-state index is 12.7. The van der Waals surface area contributed by atoms with Gasteiger partial charge in [0.2, 0.25) is 0 Å². The average Bonchev–Trinajstić information content (AvgIpc) is 3.22. The number of carboxylic acid groups (broad SMARTS) is 1. The number of H-pyrrole nitrogens is 1. The van der Waals surface area contributed by atoms with Crippen LogP contribution in [0.15, 0.2) is 35.7 Å². The number of alkyl halides is 3. The van der Waals surface area contributed by atoms with Crippen LogP contribution in [-0.4, -0.2) is 27.2 Å². The van der Waals surface area contributed by atoms with E-state index in [9.17, 15) is 27.9 Å². The fourth-order valence-electron chi connectivity index (χ4n) is 2.34. The summed E-state index contributed by atoms with van der Waals surface area (Å²) in [6, 6.07) is 7.62. The SMILES string of the molecule is Cc1ccc(-c2n[nH]c(NC(=O)c3cc(C(F)(F)F)cs3)c2C(=O)O)cc1. The van der Waals surface area contributed by atoms with Gasteiger partial charge < -0.3 is 10.4 Å². The molecule has 3 rings (SSSR count). The Bertz CT molecular complexity index is 1010. The molecular formula is C17H12F3N3O3S. The Morgan fingerprint density at radius 3 is 2.44 bits per heavy atom. The number of hydrogen-bond acceptors (Lipinski definition) is 4. The minimum Gasteiger partial charge on any atom is -0.477 e. The molecule has 0 radical (unpaired) electrons. The molecule has 0 aliphatic heterocycles. The molecule has 0 unspecified atom stereocenters. The lowest BCUT2D eigenvalue weighted by Gasteiger charge is -2.04. The number of carboxylic acids is 1. The van der Waals surface area contributed by atoms with Crippen LogP contribution in [0.2, 0.25) is 0 Å². The number of rotatable bonds is 4. The van der Waals surface area contributed by atoms with Gasteiger partial charge in [0, 0.05) is 10.9 Å². The molecule has 3 aromatic rings. The minimum absolute atomic E-state index is 0.111. The number of amides is 1. The Balaban J connectivity index is 1.91. The molecule has 1 aromatic carbocycles. The highest BCUT2D eigenvalue weighted by molar-refractivity contribution is 7.12. The van der Waals surface area contributed by atoms with Crippen LogP contribution >= 0.6 is 11.3 Å². The minimum atomic E-state index is -4.56. The molecule has 10 heteroatoms. The van der Waals surface area contributed by atoms with E-state index >= 15 is 0 Å². The quantitative estimate of drug-likeness (QED) is 0.610. The van der Waals surface area contributed by atoms with Gasteiger partial charge in [0.1, 0.15) is 17.1 Å². The maximum absolute atomic E-state index is 12.7. The number of aromatic carboxylic acids is 1. The molecule has 0 aliphatic rings. The Morgan fingerprint density at radius 1 is 1.22 bits per heavy atom. The largest absolute Gasteiger partial charge is 0.477 e. The molecule has 1 amide bonds. The van der Waals surface area contributed by atoms with Crippen molar-refractivity contribution >= 4 is 29.0 Å². The third kappa shape index (κ3) is 3.85. The number of hydrogen-bond donors (Lipinski definition) is 3. The monoisotopic (exact) mass is 395 g/mol. The number of nitrogens with zero attached hydrogens (tertiary/aromatic N) is 1. The zero-order chi connectivity index (χ0) is 19.8. The number of halogens is 3. The van der Waals surface area contributed by atoms with E-state index in [0.29, 0.717) is 23.0 Å². The summed E-state index contributed by atoms with van der Waals surface area (Å²) in [5.74, 6) is -2.40. The summed E-state index contributed by atoms with van der Waals surface area (Å²) in [4.78, 5) is 23.6. The summed E-state index contributed by atoms with van der Waals surface area (Å²) in [5, 5.41) is 18.9. The number of aryl methyl sites for hydroxylation is 1. The summed E-state index contributed by atoms with van der Waals surface area (Å²) in [7, 11) is 0. The highest BCUT2D eigenvalue weighted by atomic mass is 32.1. The molecule has 0 saturated carbocycles. The van der Waals surface area contributed by atoms with Gasteiger partial charge in [0.15, 0.2) is 0 Å². The van der Waals surface area contributed by atoms with E-state index in [2.05, 4.69) is 15.5 Å². The van der Waals surface area contributed by atoms with Crippen molar-refractivity contribution in [3.8, 4) is 11.3 Å². The topological polar surface area (TPSA) is 95.1 Å². The molecule has 0 fully saturated rings. The van der Waals surface area contributed by atoms with Crippen molar-refractivity contribution in [2.24, 2.45) is 0 Å². The second-order valence-electron chi connectivity index (χ2n) is 5.64. The van der Waals surface area contributed by atoms with Gasteiger partial charge in [-0.15, -0.1) is 11.3 Å². The first-order valence-corrected chi connectivity index (χ1v) is 8.40. The summed E-state index contributed by atoms with van der Waals surface area (Å²) in [6.45, 7) is 1.87. The summed E-state index contributed by atoms with van der Waals surface area (Å²) in [5.41, 5.74) is 0.379. The van der Waals surface area contributed by atoms with Gasteiger partial charge in [0.25, 0.3) is 5.91 Å². The van der Waals surface area contributed by atoms with Crippen molar-refractivity contribution in [3.63, 3.8) is 0 Å². The van der Waals surface area contributed by atoms with Crippen LogP contribution in [0.3, 0.4) is 0 Å². The van der Waals surface area contributed by atoms with E-state index in [0.717, 1.165) is 10.9 Å². The summed E-state index contributed by atoms with van der Waals surface area (Å²) >= 11 is 0.609. The number of carbonyl (C=O) groups is 2. The lowest BCUT2D eigenvalue weighted by molar-refractivity contribution is -0.137. The van der Waals surface area contributed by atoms with Crippen molar-refractivity contribution in [2.75, 3.05) is 5.32 Å². The molecule has 0 bridgehead atoms. The molecule has 2 aromatic heterocycles. The highest BCUT2D eigenvalue weighted by Crippen LogP contribution is 2.33. The second-order valence-corrected chi connectivity index (χ2v) is 6.56. The van der Waals surface area contributed by atoms with Gasteiger partial charge in [-0.3, -0.25) is 9.89 Å². The first kappa shape index (κ1) is 18.6. The molecule has 0 aliphatic carbocycles. The van der Waals surface area contributed by atoms with Gasteiger partial charge in [0.05, 0.1) is 10.4 Å². The predicted octanol–water partition coefficient (Wildman–Crippen LogP) is 4.42. The molecule has 140 valence electrons. The smallest absolute Gasteiger partial charge is 0.417 e. The zero-order valence-electron chi connectivity index (χ0n) is 13.7. The Morgan fingerprint density at radius 2 is 1.89 bits per heavy atom. The molecular weight excluding hydrogens is 383 g/mol. The standard InChI is InChI=1S/C17H12F3N3O3S/c1-8-2-4-9(5-3-8)13-12(16(25)26)14(23-22-13)21-15(24)11-6-10(7-27-11)17(18,19)20/h2-7H,1H3,(H,25,26)(H2,21,22,23,24). The maximum Gasteiger partial charge on any atom is 0.417 e. The van der Waals surface area contributed by atoms with Crippen LogP contribution in [0, 0.1) is 6.92 Å². The van der Waals surface area contributed by atoms with Gasteiger partial charge in [-0.25, -0.2) is 4.79 Å². The van der Waals surface area contributed by atoms with E-state index in [1.54, 1.807) is 24.3 Å². The fraction of sp³-hybridized carbons (Fsp3) is 0.118. The lowest BCUT2D eigenvalue weighted by Crippen LogP contribution is -2.14. The summed E-state index contributed by atoms with van der Waals surface area (Å²) in [6.07, 6.45) is -4.56. The van der Waals surface area contributed by atoms with E-state index in [-0.39, 0.29) is 22.0 Å². The van der Waals surface area contributed by atoms with Gasteiger partial charge in [-0.2, -0.15) is 18.3 Å². The van der Waals surface area contributed by atoms with Crippen LogP contribution in [0.5, 0.6) is 0 Å². The third-order valence-corrected chi connectivity index (χ3v) is 4.62. The van der Waals surface area contributed by atoms with E-state index in [1.165, 1.54) is 0 Å². The molecule has 0 atom stereocenters. The molecule has 2 heterocycles. The molecule has 0 saturated heterocycles. The first-order chi connectivity index (χ1) is 12.7. The van der Waals surface area contributed by atoms with Gasteiger partial charge in [-0.1, -0.05) is 29.8 Å². The van der Waals surface area contributed by atoms with Crippen LogP contribution in [0.25, 0.3) is 11.3 Å². The number of benzene rings is 1. The number of thiophene rings is 1. The number of anilines is 1. The molecule has 27 heavy (non-hydrogen) atoms. The number of aromatic nitrogens is 2.